The molecule has 2 unspecified atom stereocenters. The molecule has 0 radical (unpaired) electrons. The fraction of sp³-hybridized carbons (Fsp3) is 0.614. The van der Waals surface area contributed by atoms with E-state index in [1.807, 2.05) is 40.7 Å². The number of carbonyl (C=O) groups is 3. The minimum absolute atomic E-state index is 0.0133. The lowest BCUT2D eigenvalue weighted by Crippen LogP contribution is -2.40. The zero-order valence-electron chi connectivity index (χ0n) is 36.1. The van der Waals surface area contributed by atoms with Gasteiger partial charge in [0.2, 0.25) is 0 Å². The van der Waals surface area contributed by atoms with Gasteiger partial charge in [-0.1, -0.05) is 66.2 Å². The number of amides is 1. The number of phenolic OH excluding ortho intramolecular Hbond substituents is 2. The number of anilines is 1. The van der Waals surface area contributed by atoms with Crippen LogP contribution in [0.4, 0.5) is 5.69 Å². The first kappa shape index (κ1) is 47.8. The molecule has 0 aromatic heterocycles. The summed E-state index contributed by atoms with van der Waals surface area (Å²) < 4.78 is 17.8. The maximum Gasteiger partial charge on any atom is 0.342 e. The monoisotopic (exact) mass is 810 g/mol. The summed E-state index contributed by atoms with van der Waals surface area (Å²) in [7, 11) is 1.00. The van der Waals surface area contributed by atoms with Gasteiger partial charge in [0.15, 0.2) is 5.75 Å². The van der Waals surface area contributed by atoms with Crippen molar-refractivity contribution in [2.75, 3.05) is 38.7 Å². The van der Waals surface area contributed by atoms with Gasteiger partial charge < -0.3 is 45.3 Å². The van der Waals surface area contributed by atoms with Crippen LogP contribution in [0.15, 0.2) is 33.8 Å². The molecule has 58 heavy (non-hydrogen) atoms. The molecule has 0 saturated heterocycles. The first-order valence-corrected chi connectivity index (χ1v) is 20.5. The summed E-state index contributed by atoms with van der Waals surface area (Å²) in [5.41, 5.74) is 0.765. The molecule has 2 aliphatic rings. The number of aliphatic hydroxyl groups is 2. The smallest absolute Gasteiger partial charge is 0.342 e. The molecule has 1 amide bonds. The van der Waals surface area contributed by atoms with Crippen LogP contribution in [0.25, 0.3) is 10.8 Å². The molecule has 0 saturated carbocycles. The molecule has 322 valence electrons. The van der Waals surface area contributed by atoms with Gasteiger partial charge in [0, 0.05) is 48.9 Å². The largest absolute Gasteiger partial charge is 0.507 e. The molecule has 8 atom stereocenters. The van der Waals surface area contributed by atoms with Crippen molar-refractivity contribution in [1.82, 2.24) is 5.32 Å². The Labute approximate surface area is 342 Å². The number of hydrogen-bond acceptors (Lipinski definition) is 13. The minimum Gasteiger partial charge on any atom is -0.507 e. The van der Waals surface area contributed by atoms with Gasteiger partial charge in [-0.2, -0.15) is 0 Å². The standard InChI is InChI=1S/C43H62N4O9.CH4O/c1-11-15-29(21-44-12-2)41-45-33-30-31-37(50)27(9)40(54-13-3)32(30)43(53)55-19-18-23(5)39(56-28(10)48)26(8)36(49)25(7)20-22(4)16-14-17-24(6)42(52)47-35(38(31)51)34(33)46-41;1-2/h14,16-17,22-23,25-26,29,36,39,41,44-45,49-51H,11-13,15,18-21H2,1-10H3;2H,1H3/b16-14+,24-17-,47-35?;/t22-,23+,25+,26+,29?,36+,39+,41?;/m0./s1. The van der Waals surface area contributed by atoms with E-state index in [1.54, 1.807) is 32.9 Å². The van der Waals surface area contributed by atoms with Crippen molar-refractivity contribution in [3.63, 3.8) is 0 Å². The fourth-order valence-electron chi connectivity index (χ4n) is 7.97. The van der Waals surface area contributed by atoms with E-state index in [-0.39, 0.29) is 81.0 Å². The number of rotatable bonds is 9. The van der Waals surface area contributed by atoms with Gasteiger partial charge in [-0.25, -0.2) is 9.79 Å². The Hall–Kier alpha value is -4.53. The number of aromatic hydroxyl groups is 2. The van der Waals surface area contributed by atoms with Gasteiger partial charge >= 0.3 is 11.9 Å². The lowest BCUT2D eigenvalue weighted by atomic mass is 9.80. The summed E-state index contributed by atoms with van der Waals surface area (Å²) in [6.45, 7) is 19.6. The van der Waals surface area contributed by atoms with Crippen LogP contribution in [0.2, 0.25) is 0 Å². The molecule has 4 rings (SSSR count). The van der Waals surface area contributed by atoms with Crippen molar-refractivity contribution in [3.8, 4) is 17.2 Å². The zero-order valence-corrected chi connectivity index (χ0v) is 36.1. The van der Waals surface area contributed by atoms with Crippen LogP contribution < -0.4 is 26.1 Å². The number of benzene rings is 2. The lowest BCUT2D eigenvalue weighted by molar-refractivity contribution is -0.156. The van der Waals surface area contributed by atoms with Crippen molar-refractivity contribution in [1.29, 1.82) is 0 Å². The number of esters is 2. The van der Waals surface area contributed by atoms with Gasteiger partial charge in [0.05, 0.1) is 30.4 Å². The third-order valence-corrected chi connectivity index (χ3v) is 11.0. The van der Waals surface area contributed by atoms with Crippen LogP contribution in [0.3, 0.4) is 0 Å². The number of nitrogens with zero attached hydrogens (tertiary/aromatic N) is 2. The highest BCUT2D eigenvalue weighted by molar-refractivity contribution is 6.16. The number of hydrogen-bond donors (Lipinski definition) is 6. The summed E-state index contributed by atoms with van der Waals surface area (Å²) >= 11 is 0. The Morgan fingerprint density at radius 1 is 1.03 bits per heavy atom. The predicted octanol–water partition coefficient (Wildman–Crippen LogP) is 5.40. The molecule has 2 heterocycles. The van der Waals surface area contributed by atoms with Crippen LogP contribution in [0.1, 0.15) is 104 Å². The van der Waals surface area contributed by atoms with E-state index in [0.717, 1.165) is 26.5 Å². The van der Waals surface area contributed by atoms with E-state index in [1.165, 1.54) is 6.92 Å². The second-order valence-electron chi connectivity index (χ2n) is 15.5. The predicted molar refractivity (Wildman–Crippen MR) is 224 cm³/mol. The fourth-order valence-corrected chi connectivity index (χ4v) is 7.97. The third-order valence-electron chi connectivity index (χ3n) is 11.0. The Morgan fingerprint density at radius 2 is 1.72 bits per heavy atom. The molecule has 14 nitrogen and oxygen atoms in total. The summed E-state index contributed by atoms with van der Waals surface area (Å²) in [6.07, 6.45) is 5.98. The molecule has 2 aliphatic heterocycles. The highest BCUT2D eigenvalue weighted by Gasteiger charge is 2.36. The van der Waals surface area contributed by atoms with Crippen LogP contribution in [-0.4, -0.2) is 90.1 Å². The maximum absolute atomic E-state index is 14.4. The lowest BCUT2D eigenvalue weighted by Gasteiger charge is -2.34. The molecule has 0 fully saturated rings. The highest BCUT2D eigenvalue weighted by atomic mass is 16.5. The second kappa shape index (κ2) is 22.0. The normalized spacial score (nSPS) is 26.2. The van der Waals surface area contributed by atoms with Crippen molar-refractivity contribution in [2.45, 2.75) is 113 Å². The van der Waals surface area contributed by atoms with Crippen LogP contribution >= 0.6 is 0 Å². The number of phenols is 2. The molecule has 0 spiro atoms. The summed E-state index contributed by atoms with van der Waals surface area (Å²) in [6, 6.07) is 0. The first-order chi connectivity index (χ1) is 27.6. The SMILES string of the molecule is CCCC(CNCC)C1N=c2c(c3c4c(OCC)c(C)c(O)c3c(O)c2=NC(=O)/C(C)=C\C=C\[C@H](C)C[C@@H](C)[C@@H](O)[C@@H](C)[C@H](OC(C)=O)[C@H](C)CCOC4=O)N1.CO. The maximum atomic E-state index is 14.4. The van der Waals surface area contributed by atoms with Gasteiger partial charge in [-0.15, -0.1) is 0 Å². The molecule has 14 heteroatoms. The molecule has 6 N–H and O–H groups in total. The van der Waals surface area contributed by atoms with E-state index < -0.39 is 47.9 Å². The van der Waals surface area contributed by atoms with Crippen molar-refractivity contribution >= 4 is 34.3 Å². The molecule has 4 bridgehead atoms. The van der Waals surface area contributed by atoms with E-state index in [4.69, 9.17) is 24.3 Å². The molecule has 2 aromatic rings. The third kappa shape index (κ3) is 10.9. The molecular formula is C44H66N4O10. The highest BCUT2D eigenvalue weighted by Crippen LogP contribution is 2.46. The summed E-state index contributed by atoms with van der Waals surface area (Å²) in [5, 5.41) is 49.2. The second-order valence-corrected chi connectivity index (χ2v) is 15.5. The number of allylic oxidation sites excluding steroid dienone is 3. The minimum atomic E-state index is -0.800. The number of cyclic esters (lactones) is 1. The van der Waals surface area contributed by atoms with Crippen molar-refractivity contribution in [3.05, 3.63) is 45.6 Å². The number of fused-ring (bicyclic) bond motifs is 3. The van der Waals surface area contributed by atoms with E-state index in [2.05, 4.69) is 22.5 Å². The van der Waals surface area contributed by atoms with Gasteiger partial charge in [-0.3, -0.25) is 14.6 Å². The number of ether oxygens (including phenoxy) is 3. The molecule has 0 aliphatic carbocycles. The van der Waals surface area contributed by atoms with Crippen LogP contribution in [0.5, 0.6) is 17.2 Å². The van der Waals surface area contributed by atoms with Gasteiger partial charge in [-0.05, 0) is 64.3 Å². The van der Waals surface area contributed by atoms with E-state index in [0.29, 0.717) is 30.6 Å². The Balaban J connectivity index is 0.00000443. The van der Waals surface area contributed by atoms with Crippen LogP contribution in [0, 0.1) is 36.5 Å². The summed E-state index contributed by atoms with van der Waals surface area (Å²) in [5.74, 6) is -3.52. The Morgan fingerprint density at radius 3 is 2.34 bits per heavy atom. The van der Waals surface area contributed by atoms with Crippen LogP contribution in [-0.2, 0) is 19.1 Å². The average molecular weight is 811 g/mol. The number of aliphatic hydroxyl groups excluding tert-OH is 2. The van der Waals surface area contributed by atoms with Gasteiger partial charge in [0.25, 0.3) is 5.91 Å². The quantitative estimate of drug-likeness (QED) is 0.139. The molecule has 2 aromatic carbocycles. The van der Waals surface area contributed by atoms with E-state index in [9.17, 15) is 29.7 Å². The molecular weight excluding hydrogens is 745 g/mol. The van der Waals surface area contributed by atoms with E-state index >= 15 is 0 Å². The topological polar surface area (TPSA) is 209 Å². The van der Waals surface area contributed by atoms with Crippen molar-refractivity contribution in [2.24, 2.45) is 39.6 Å². The van der Waals surface area contributed by atoms with Crippen molar-refractivity contribution < 1.29 is 49.0 Å². The number of carbonyl (C=O) groups excluding carboxylic acids is 3. The Bertz CT molecular complexity index is 1960. The number of nitrogens with one attached hydrogen (secondary N) is 2. The zero-order chi connectivity index (χ0) is 43.4. The van der Waals surface area contributed by atoms with Gasteiger partial charge in [0.1, 0.15) is 40.0 Å². The Kier molecular flexibility index (Phi) is 18.2. The summed E-state index contributed by atoms with van der Waals surface area (Å²) in [4.78, 5) is 49.8. The average Bonchev–Trinajstić information content (AvgIpc) is 3.63. The first-order valence-electron chi connectivity index (χ1n) is 20.5.